The molecular formula is C18H27N. The summed E-state index contributed by atoms with van der Waals surface area (Å²) in [6, 6.07) is 9.36. The van der Waals surface area contributed by atoms with E-state index in [9.17, 15) is 0 Å². The van der Waals surface area contributed by atoms with Crippen LogP contribution in [0.15, 0.2) is 49.7 Å². The van der Waals surface area contributed by atoms with Gasteiger partial charge in [-0.15, -0.1) is 6.58 Å². The summed E-state index contributed by atoms with van der Waals surface area (Å²) >= 11 is 0. The Morgan fingerprint density at radius 1 is 1.16 bits per heavy atom. The predicted octanol–water partition coefficient (Wildman–Crippen LogP) is 4.63. The molecule has 19 heavy (non-hydrogen) atoms. The molecule has 0 heterocycles. The molecule has 0 aromatic heterocycles. The largest absolute Gasteiger partial charge is 0.388 e. The van der Waals surface area contributed by atoms with Crippen LogP contribution in [0.2, 0.25) is 0 Å². The molecule has 0 radical (unpaired) electrons. The van der Waals surface area contributed by atoms with E-state index in [1.54, 1.807) is 0 Å². The van der Waals surface area contributed by atoms with E-state index in [1.807, 2.05) is 12.3 Å². The minimum Gasteiger partial charge on any atom is -0.388 e. The second-order valence-corrected chi connectivity index (χ2v) is 5.34. The molecule has 104 valence electrons. The van der Waals surface area contributed by atoms with Gasteiger partial charge in [0.1, 0.15) is 0 Å². The monoisotopic (exact) mass is 257 g/mol. The molecule has 1 aromatic rings. The molecule has 0 spiro atoms. The molecule has 2 unspecified atom stereocenters. The molecule has 1 heteroatoms. The smallest absolute Gasteiger partial charge is 0.0284 e. The zero-order valence-electron chi connectivity index (χ0n) is 12.4. The molecule has 1 rings (SSSR count). The van der Waals surface area contributed by atoms with Gasteiger partial charge in [-0.1, -0.05) is 49.4 Å². The Hall–Kier alpha value is -1.50. The van der Waals surface area contributed by atoms with Crippen LogP contribution in [0.25, 0.3) is 0 Å². The van der Waals surface area contributed by atoms with Gasteiger partial charge in [-0.2, -0.15) is 0 Å². The van der Waals surface area contributed by atoms with E-state index >= 15 is 0 Å². The van der Waals surface area contributed by atoms with E-state index in [2.05, 4.69) is 56.6 Å². The van der Waals surface area contributed by atoms with Gasteiger partial charge in [-0.05, 0) is 50.3 Å². The van der Waals surface area contributed by atoms with Crippen molar-refractivity contribution in [2.75, 3.05) is 0 Å². The lowest BCUT2D eigenvalue weighted by atomic mass is 9.91. The van der Waals surface area contributed by atoms with E-state index in [1.165, 1.54) is 17.5 Å². The fourth-order valence-corrected chi connectivity index (χ4v) is 2.33. The van der Waals surface area contributed by atoms with Crippen LogP contribution in [0.4, 0.5) is 0 Å². The van der Waals surface area contributed by atoms with Crippen molar-refractivity contribution in [3.8, 4) is 0 Å². The molecule has 0 amide bonds. The molecular weight excluding hydrogens is 230 g/mol. The van der Waals surface area contributed by atoms with Crippen LogP contribution in [0.1, 0.15) is 37.3 Å². The summed E-state index contributed by atoms with van der Waals surface area (Å²) in [6.45, 7) is 12.0. The van der Waals surface area contributed by atoms with Gasteiger partial charge in [0.25, 0.3) is 0 Å². The Kier molecular flexibility index (Phi) is 7.02. The van der Waals surface area contributed by atoms with E-state index in [0.29, 0.717) is 12.0 Å². The summed E-state index contributed by atoms with van der Waals surface area (Å²) in [6.07, 6.45) is 8.34. The molecule has 0 bridgehead atoms. The lowest BCUT2D eigenvalue weighted by Crippen LogP contribution is -2.31. The molecule has 0 aliphatic rings. The topological polar surface area (TPSA) is 12.0 Å². The highest BCUT2D eigenvalue weighted by Gasteiger charge is 2.14. The minimum atomic E-state index is 0.501. The van der Waals surface area contributed by atoms with Gasteiger partial charge in [-0.25, -0.2) is 0 Å². The third-order valence-electron chi connectivity index (χ3n) is 3.71. The molecule has 0 aliphatic heterocycles. The normalized spacial score (nSPS) is 13.6. The van der Waals surface area contributed by atoms with Gasteiger partial charge < -0.3 is 5.32 Å². The van der Waals surface area contributed by atoms with E-state index < -0.39 is 0 Å². The fraction of sp³-hybridized carbons (Fsp3) is 0.444. The Balaban J connectivity index is 2.46. The van der Waals surface area contributed by atoms with Gasteiger partial charge in [0.05, 0.1) is 0 Å². The van der Waals surface area contributed by atoms with Gasteiger partial charge in [0, 0.05) is 6.04 Å². The molecule has 0 aliphatic carbocycles. The Morgan fingerprint density at radius 2 is 1.84 bits per heavy atom. The lowest BCUT2D eigenvalue weighted by molar-refractivity contribution is 0.370. The van der Waals surface area contributed by atoms with Crippen molar-refractivity contribution in [2.45, 2.75) is 45.6 Å². The molecule has 0 saturated carbocycles. The summed E-state index contributed by atoms with van der Waals surface area (Å²) in [4.78, 5) is 0. The highest BCUT2D eigenvalue weighted by Crippen LogP contribution is 2.17. The van der Waals surface area contributed by atoms with Crippen molar-refractivity contribution in [3.63, 3.8) is 0 Å². The van der Waals surface area contributed by atoms with Gasteiger partial charge in [0.2, 0.25) is 0 Å². The van der Waals surface area contributed by atoms with Crippen LogP contribution in [0.5, 0.6) is 0 Å². The lowest BCUT2D eigenvalue weighted by Gasteiger charge is -2.24. The first-order valence-electron chi connectivity index (χ1n) is 7.20. The second-order valence-electron chi connectivity index (χ2n) is 5.34. The van der Waals surface area contributed by atoms with Crippen molar-refractivity contribution in [2.24, 2.45) is 5.92 Å². The zero-order valence-corrected chi connectivity index (χ0v) is 12.4. The first-order valence-corrected chi connectivity index (χ1v) is 7.20. The number of benzene rings is 1. The highest BCUT2D eigenvalue weighted by atomic mass is 14.9. The number of hydrogen-bond acceptors (Lipinski definition) is 1. The summed E-state index contributed by atoms with van der Waals surface area (Å²) in [5.74, 6) is 0.638. The van der Waals surface area contributed by atoms with E-state index in [0.717, 1.165) is 19.3 Å². The summed E-state index contributed by atoms with van der Waals surface area (Å²) < 4.78 is 0. The average Bonchev–Trinajstić information content (AvgIpc) is 2.42. The van der Waals surface area contributed by atoms with Crippen molar-refractivity contribution in [1.29, 1.82) is 0 Å². The number of hydrogen-bond donors (Lipinski definition) is 1. The number of aryl methyl sites for hydroxylation is 2. The Labute approximate surface area is 118 Å². The molecule has 1 N–H and O–H groups in total. The van der Waals surface area contributed by atoms with Crippen LogP contribution in [0.3, 0.4) is 0 Å². The van der Waals surface area contributed by atoms with Crippen molar-refractivity contribution in [3.05, 3.63) is 60.8 Å². The first-order chi connectivity index (χ1) is 9.17. The van der Waals surface area contributed by atoms with E-state index in [-0.39, 0.29) is 0 Å². The maximum Gasteiger partial charge on any atom is 0.0284 e. The second kappa shape index (κ2) is 8.58. The number of rotatable bonds is 9. The average molecular weight is 257 g/mol. The van der Waals surface area contributed by atoms with Crippen molar-refractivity contribution < 1.29 is 0 Å². The fourth-order valence-electron chi connectivity index (χ4n) is 2.33. The van der Waals surface area contributed by atoms with Crippen molar-refractivity contribution in [1.82, 2.24) is 5.32 Å². The summed E-state index contributed by atoms with van der Waals surface area (Å²) in [7, 11) is 0. The maximum atomic E-state index is 3.80. The van der Waals surface area contributed by atoms with Crippen molar-refractivity contribution >= 4 is 0 Å². The third kappa shape index (κ3) is 5.78. The molecule has 0 fully saturated rings. The van der Waals surface area contributed by atoms with Crippen LogP contribution in [0, 0.1) is 12.8 Å². The maximum absolute atomic E-state index is 3.80. The van der Waals surface area contributed by atoms with Gasteiger partial charge in [0.15, 0.2) is 0 Å². The summed E-state index contributed by atoms with van der Waals surface area (Å²) in [5, 5.41) is 3.38. The van der Waals surface area contributed by atoms with Gasteiger partial charge in [-0.3, -0.25) is 0 Å². The number of nitrogens with one attached hydrogen (secondary N) is 1. The Morgan fingerprint density at radius 3 is 2.42 bits per heavy atom. The highest BCUT2D eigenvalue weighted by molar-refractivity contribution is 5.21. The van der Waals surface area contributed by atoms with Crippen LogP contribution < -0.4 is 5.32 Å². The van der Waals surface area contributed by atoms with Gasteiger partial charge >= 0.3 is 0 Å². The third-order valence-corrected chi connectivity index (χ3v) is 3.71. The van der Waals surface area contributed by atoms with Crippen LogP contribution in [-0.2, 0) is 6.42 Å². The first kappa shape index (κ1) is 15.6. The number of allylic oxidation sites excluding steroid dienone is 1. The summed E-state index contributed by atoms with van der Waals surface area (Å²) in [5.41, 5.74) is 2.76. The van der Waals surface area contributed by atoms with Crippen LogP contribution in [-0.4, -0.2) is 6.04 Å². The Bertz CT molecular complexity index is 377. The van der Waals surface area contributed by atoms with Crippen LogP contribution >= 0.6 is 0 Å². The van der Waals surface area contributed by atoms with E-state index in [4.69, 9.17) is 0 Å². The zero-order chi connectivity index (χ0) is 14.1. The molecule has 1 nitrogen and oxygen atoms in total. The molecule has 0 saturated heterocycles. The SMILES string of the molecule is C=CCCC(NC=C)C(C)CCc1ccc(C)cc1. The molecule has 1 aromatic carbocycles. The minimum absolute atomic E-state index is 0.501. The molecule has 2 atom stereocenters. The predicted molar refractivity (Wildman–Crippen MR) is 85.2 cm³/mol. The standard InChI is InChI=1S/C18H27N/c1-5-7-8-18(19-6-2)16(4)11-14-17-12-9-15(3)10-13-17/h5-6,9-10,12-13,16,18-19H,1-2,7-8,11,14H2,3-4H3. The quantitative estimate of drug-likeness (QED) is 0.636.